The summed E-state index contributed by atoms with van der Waals surface area (Å²) in [6.07, 6.45) is 0.876. The van der Waals surface area contributed by atoms with Gasteiger partial charge in [-0.2, -0.15) is 0 Å². The molecule has 4 nitrogen and oxygen atoms in total. The van der Waals surface area contributed by atoms with E-state index < -0.39 is 10.9 Å². The molecular formula is C5H12N2O2Se. The molecule has 0 aromatic heterocycles. The van der Waals surface area contributed by atoms with Crippen molar-refractivity contribution in [1.29, 1.82) is 0 Å². The third kappa shape index (κ3) is 4.76. The van der Waals surface area contributed by atoms with E-state index in [4.69, 9.17) is 16.6 Å². The molecule has 1 atom stereocenters. The number of aliphatic carboxylic acids is 1. The van der Waals surface area contributed by atoms with E-state index in [1.54, 1.807) is 0 Å². The first-order chi connectivity index (χ1) is 4.68. The molecule has 0 spiro atoms. The van der Waals surface area contributed by atoms with Gasteiger partial charge in [0.25, 0.3) is 0 Å². The molecule has 10 heavy (non-hydrogen) atoms. The normalized spacial score (nSPS) is 13.0. The summed E-state index contributed by atoms with van der Waals surface area (Å²) in [5.74, 6) is -0.906. The Morgan fingerprint density at radius 3 is 2.70 bits per heavy atom. The molecule has 0 rings (SSSR count). The van der Waals surface area contributed by atoms with Gasteiger partial charge in [-0.1, -0.05) is 0 Å². The number of carbonyl (C=O) groups is 1. The molecule has 60 valence electrons. The minimum atomic E-state index is -0.906. The van der Waals surface area contributed by atoms with Crippen LogP contribution in [-0.2, 0) is 4.79 Å². The molecule has 0 aliphatic carbocycles. The first-order valence-corrected chi connectivity index (χ1v) is 5.18. The summed E-state index contributed by atoms with van der Waals surface area (Å²) in [5, 5.41) is 9.20. The van der Waals surface area contributed by atoms with Crippen LogP contribution >= 0.6 is 0 Å². The molecule has 5 N–H and O–H groups in total. The van der Waals surface area contributed by atoms with Gasteiger partial charge in [0.1, 0.15) is 0 Å². The zero-order valence-corrected chi connectivity index (χ0v) is 7.33. The molecule has 0 aromatic carbocycles. The fourth-order valence-corrected chi connectivity index (χ4v) is 1.90. The van der Waals surface area contributed by atoms with Gasteiger partial charge in [-0.05, 0) is 0 Å². The molecule has 0 amide bonds. The zero-order chi connectivity index (χ0) is 7.98. The van der Waals surface area contributed by atoms with E-state index in [-0.39, 0.29) is 15.0 Å². The monoisotopic (exact) mass is 212 g/mol. The molecule has 0 saturated heterocycles. The third-order valence-corrected chi connectivity index (χ3v) is 3.17. The average molecular weight is 211 g/mol. The van der Waals surface area contributed by atoms with Crippen LogP contribution in [0.4, 0.5) is 0 Å². The molecular weight excluding hydrogens is 199 g/mol. The average Bonchev–Trinajstić information content (AvgIpc) is 1.88. The van der Waals surface area contributed by atoms with E-state index in [9.17, 15) is 4.79 Å². The van der Waals surface area contributed by atoms with Crippen LogP contribution in [0.1, 0.15) is 6.42 Å². The van der Waals surface area contributed by atoms with Crippen molar-refractivity contribution < 1.29 is 9.90 Å². The van der Waals surface area contributed by atoms with Crippen LogP contribution in [0.2, 0.25) is 5.32 Å². The summed E-state index contributed by atoms with van der Waals surface area (Å²) in [4.78, 5) is 9.50. The van der Waals surface area contributed by atoms with Gasteiger partial charge in [-0.3, -0.25) is 0 Å². The Bertz CT molecular complexity index is 110. The second-order valence-corrected chi connectivity index (χ2v) is 4.39. The summed E-state index contributed by atoms with van der Waals surface area (Å²) >= 11 is 0.00516. The Balaban J connectivity index is 3.21. The summed E-state index contributed by atoms with van der Waals surface area (Å²) in [6, 6.07) is 0. The molecule has 5 heteroatoms. The van der Waals surface area contributed by atoms with Crippen molar-refractivity contribution >= 4 is 20.9 Å². The molecule has 0 aliphatic heterocycles. The molecule has 0 heterocycles. The number of carboxylic acid groups (broad SMARTS) is 1. The van der Waals surface area contributed by atoms with E-state index in [2.05, 4.69) is 0 Å². The number of hydrogen-bond donors (Lipinski definition) is 3. The summed E-state index contributed by atoms with van der Waals surface area (Å²) in [6.45, 7) is 0.619. The summed E-state index contributed by atoms with van der Waals surface area (Å²) < 4.78 is 0. The van der Waals surface area contributed by atoms with Crippen LogP contribution in [0, 0.1) is 0 Å². The van der Waals surface area contributed by atoms with Gasteiger partial charge in [-0.25, -0.2) is 0 Å². The molecule has 0 saturated carbocycles. The maximum atomic E-state index is 10.2. The van der Waals surface area contributed by atoms with Crippen LogP contribution in [0.25, 0.3) is 0 Å². The van der Waals surface area contributed by atoms with Crippen molar-refractivity contribution in [1.82, 2.24) is 0 Å². The van der Waals surface area contributed by atoms with Gasteiger partial charge in [-0.15, -0.1) is 0 Å². The van der Waals surface area contributed by atoms with Gasteiger partial charge in [0.15, 0.2) is 0 Å². The van der Waals surface area contributed by atoms with Crippen LogP contribution in [0.15, 0.2) is 0 Å². The SMILES string of the molecule is NCCC[Se][C@H](N)C(=O)O. The predicted octanol–water partition coefficient (Wildman–Crippen LogP) is -1.17. The first kappa shape index (κ1) is 9.91. The number of nitrogens with two attached hydrogens (primary N) is 2. The Morgan fingerprint density at radius 1 is 1.70 bits per heavy atom. The van der Waals surface area contributed by atoms with Crippen molar-refractivity contribution in [2.45, 2.75) is 16.7 Å². The van der Waals surface area contributed by atoms with Crippen LogP contribution in [0.5, 0.6) is 0 Å². The van der Waals surface area contributed by atoms with Crippen molar-refractivity contribution in [2.24, 2.45) is 11.5 Å². The molecule has 0 fully saturated rings. The Morgan fingerprint density at radius 2 is 2.30 bits per heavy atom. The quantitative estimate of drug-likeness (QED) is 0.394. The van der Waals surface area contributed by atoms with Crippen molar-refractivity contribution in [3.63, 3.8) is 0 Å². The van der Waals surface area contributed by atoms with Gasteiger partial charge in [0, 0.05) is 0 Å². The minimum absolute atomic E-state index is 0.00516. The molecule has 0 unspecified atom stereocenters. The Kier molecular flexibility index (Phi) is 5.62. The maximum absolute atomic E-state index is 10.2. The van der Waals surface area contributed by atoms with Crippen LogP contribution in [0.3, 0.4) is 0 Å². The van der Waals surface area contributed by atoms with Gasteiger partial charge in [0.05, 0.1) is 0 Å². The van der Waals surface area contributed by atoms with E-state index >= 15 is 0 Å². The van der Waals surface area contributed by atoms with E-state index in [1.807, 2.05) is 0 Å². The summed E-state index contributed by atoms with van der Waals surface area (Å²) in [7, 11) is 0. The standard InChI is InChI=1S/C5H12N2O2Se/c6-2-1-3-10-4(7)5(8)9/h4H,1-3,6-7H2,(H,8,9)/t4-/m0/s1. The van der Waals surface area contributed by atoms with Crippen LogP contribution in [-0.4, -0.2) is 37.5 Å². The second-order valence-electron chi connectivity index (χ2n) is 1.77. The Labute approximate surface area is 66.1 Å². The molecule has 0 radical (unpaired) electrons. The molecule has 0 aliphatic rings. The van der Waals surface area contributed by atoms with Crippen molar-refractivity contribution in [3.05, 3.63) is 0 Å². The number of rotatable bonds is 5. The van der Waals surface area contributed by atoms with Gasteiger partial charge < -0.3 is 0 Å². The molecule has 0 aromatic rings. The van der Waals surface area contributed by atoms with Crippen LogP contribution < -0.4 is 11.5 Å². The zero-order valence-electron chi connectivity index (χ0n) is 5.62. The molecule has 0 bridgehead atoms. The van der Waals surface area contributed by atoms with E-state index in [0.29, 0.717) is 6.54 Å². The predicted molar refractivity (Wildman–Crippen MR) is 39.8 cm³/mol. The Hall–Kier alpha value is -0.0905. The fraction of sp³-hybridized carbons (Fsp3) is 0.800. The summed E-state index contributed by atoms with van der Waals surface area (Å²) in [5.41, 5.74) is 10.5. The van der Waals surface area contributed by atoms with Gasteiger partial charge >= 0.3 is 65.5 Å². The van der Waals surface area contributed by atoms with Crippen molar-refractivity contribution in [2.75, 3.05) is 6.54 Å². The van der Waals surface area contributed by atoms with Crippen molar-refractivity contribution in [3.8, 4) is 0 Å². The second kappa shape index (κ2) is 5.68. The van der Waals surface area contributed by atoms with E-state index in [0.717, 1.165) is 11.7 Å². The topological polar surface area (TPSA) is 89.3 Å². The fourth-order valence-electron chi connectivity index (χ4n) is 0.365. The number of hydrogen-bond acceptors (Lipinski definition) is 3. The van der Waals surface area contributed by atoms with Gasteiger partial charge in [0.2, 0.25) is 0 Å². The first-order valence-electron chi connectivity index (χ1n) is 2.98. The third-order valence-electron chi connectivity index (χ3n) is 0.889. The number of carboxylic acids is 1. The van der Waals surface area contributed by atoms with E-state index in [1.165, 1.54) is 0 Å².